The lowest BCUT2D eigenvalue weighted by Crippen LogP contribution is -2.08. The maximum Gasteiger partial charge on any atom is 0.337 e. The highest BCUT2D eigenvalue weighted by molar-refractivity contribution is 5.95. The van der Waals surface area contributed by atoms with Crippen molar-refractivity contribution >= 4 is 23.3 Å². The largest absolute Gasteiger partial charge is 0.493 e. The van der Waals surface area contributed by atoms with Gasteiger partial charge in [0.1, 0.15) is 0 Å². The molecule has 1 aromatic carbocycles. The molecule has 9 nitrogen and oxygen atoms in total. The minimum Gasteiger partial charge on any atom is -0.493 e. The molecule has 130 valence electrons. The summed E-state index contributed by atoms with van der Waals surface area (Å²) >= 11 is 0. The standard InChI is InChI=1S/C16H17N5O4/c1-24-12-4-3-9(5-13(12)25-2)7-18-11-8-21-14(19-16(17)20-21)6-10(11)15(22)23/h3-6,8,18H,7H2,1-2H3,(H2,17,20)(H,22,23). The van der Waals surface area contributed by atoms with Gasteiger partial charge in [-0.15, -0.1) is 5.10 Å². The van der Waals surface area contributed by atoms with E-state index in [9.17, 15) is 9.90 Å². The third-order valence-corrected chi connectivity index (χ3v) is 3.65. The molecule has 4 N–H and O–H groups in total. The van der Waals surface area contributed by atoms with E-state index in [1.54, 1.807) is 26.5 Å². The fourth-order valence-corrected chi connectivity index (χ4v) is 2.45. The van der Waals surface area contributed by atoms with Crippen molar-refractivity contribution in [2.75, 3.05) is 25.3 Å². The van der Waals surface area contributed by atoms with Crippen molar-refractivity contribution in [3.05, 3.63) is 41.6 Å². The first-order valence-corrected chi connectivity index (χ1v) is 7.35. The second kappa shape index (κ2) is 6.56. The van der Waals surface area contributed by atoms with Crippen LogP contribution in [0, 0.1) is 0 Å². The minimum absolute atomic E-state index is 0.0772. The number of nitrogens with two attached hydrogens (primary N) is 1. The molecule has 0 bridgehead atoms. The maximum absolute atomic E-state index is 11.5. The number of methoxy groups -OCH3 is 2. The molecule has 3 aromatic rings. The average molecular weight is 343 g/mol. The van der Waals surface area contributed by atoms with Crippen molar-refractivity contribution in [1.29, 1.82) is 0 Å². The summed E-state index contributed by atoms with van der Waals surface area (Å²) in [6.45, 7) is 0.385. The number of benzene rings is 1. The molecule has 0 aliphatic carbocycles. The molecule has 0 saturated carbocycles. The number of aromatic nitrogens is 3. The summed E-state index contributed by atoms with van der Waals surface area (Å²) < 4.78 is 11.9. The Morgan fingerprint density at radius 1 is 1.28 bits per heavy atom. The summed E-state index contributed by atoms with van der Waals surface area (Å²) in [6, 6.07) is 6.89. The molecule has 0 aliphatic heterocycles. The first-order chi connectivity index (χ1) is 12.0. The lowest BCUT2D eigenvalue weighted by molar-refractivity contribution is 0.0698. The molecule has 3 rings (SSSR count). The zero-order valence-electron chi connectivity index (χ0n) is 13.7. The van der Waals surface area contributed by atoms with Crippen molar-refractivity contribution in [3.63, 3.8) is 0 Å². The van der Waals surface area contributed by atoms with E-state index in [1.165, 1.54) is 10.6 Å². The number of carboxylic acid groups (broad SMARTS) is 1. The number of nitrogen functional groups attached to an aromatic ring is 1. The Balaban J connectivity index is 1.89. The average Bonchev–Trinajstić information content (AvgIpc) is 2.97. The zero-order chi connectivity index (χ0) is 18.0. The van der Waals surface area contributed by atoms with Gasteiger partial charge in [-0.1, -0.05) is 6.07 Å². The van der Waals surface area contributed by atoms with Crippen LogP contribution in [0.5, 0.6) is 11.5 Å². The summed E-state index contributed by atoms with van der Waals surface area (Å²) in [5, 5.41) is 16.5. The van der Waals surface area contributed by atoms with Crippen molar-refractivity contribution in [2.45, 2.75) is 6.54 Å². The second-order valence-corrected chi connectivity index (χ2v) is 5.22. The van der Waals surface area contributed by atoms with Gasteiger partial charge in [0.05, 0.1) is 31.7 Å². The molecule has 25 heavy (non-hydrogen) atoms. The van der Waals surface area contributed by atoms with Crippen LogP contribution in [0.1, 0.15) is 15.9 Å². The SMILES string of the molecule is COc1ccc(CNc2cn3nc(N)nc3cc2C(=O)O)cc1OC. The summed E-state index contributed by atoms with van der Waals surface area (Å²) in [5.41, 5.74) is 7.30. The number of hydrogen-bond donors (Lipinski definition) is 3. The summed E-state index contributed by atoms with van der Waals surface area (Å²) in [7, 11) is 3.12. The van der Waals surface area contributed by atoms with Gasteiger partial charge in [0.15, 0.2) is 17.1 Å². The Labute approximate surface area is 143 Å². The molecule has 0 amide bonds. The molecule has 0 fully saturated rings. The molecule has 2 aromatic heterocycles. The Bertz CT molecular complexity index is 938. The monoisotopic (exact) mass is 343 g/mol. The maximum atomic E-state index is 11.5. The van der Waals surface area contributed by atoms with Gasteiger partial charge < -0.3 is 25.6 Å². The summed E-state index contributed by atoms with van der Waals surface area (Å²) in [5.74, 6) is 0.226. The summed E-state index contributed by atoms with van der Waals surface area (Å²) in [6.07, 6.45) is 1.54. The van der Waals surface area contributed by atoms with E-state index in [2.05, 4.69) is 15.4 Å². The minimum atomic E-state index is -1.07. The van der Waals surface area contributed by atoms with E-state index in [0.29, 0.717) is 29.4 Å². The lowest BCUT2D eigenvalue weighted by Gasteiger charge is -2.12. The molecular weight excluding hydrogens is 326 g/mol. The third kappa shape index (κ3) is 3.25. The van der Waals surface area contributed by atoms with Gasteiger partial charge in [0.2, 0.25) is 5.95 Å². The summed E-state index contributed by atoms with van der Waals surface area (Å²) in [4.78, 5) is 15.5. The smallest absolute Gasteiger partial charge is 0.337 e. The van der Waals surface area contributed by atoms with Gasteiger partial charge in [-0.2, -0.15) is 4.98 Å². The van der Waals surface area contributed by atoms with Crippen molar-refractivity contribution in [3.8, 4) is 11.5 Å². The first-order valence-electron chi connectivity index (χ1n) is 7.35. The van der Waals surface area contributed by atoms with Crippen LogP contribution in [0.25, 0.3) is 5.65 Å². The van der Waals surface area contributed by atoms with Crippen molar-refractivity contribution in [2.24, 2.45) is 0 Å². The highest BCUT2D eigenvalue weighted by Crippen LogP contribution is 2.28. The highest BCUT2D eigenvalue weighted by Gasteiger charge is 2.14. The second-order valence-electron chi connectivity index (χ2n) is 5.22. The number of hydrogen-bond acceptors (Lipinski definition) is 7. The van der Waals surface area contributed by atoms with E-state index in [1.807, 2.05) is 12.1 Å². The van der Waals surface area contributed by atoms with Crippen LogP contribution in [0.3, 0.4) is 0 Å². The topological polar surface area (TPSA) is 124 Å². The van der Waals surface area contributed by atoms with Gasteiger partial charge in [0.25, 0.3) is 0 Å². The number of pyridine rings is 1. The number of nitrogens with one attached hydrogen (secondary N) is 1. The normalized spacial score (nSPS) is 10.6. The van der Waals surface area contributed by atoms with Crippen LogP contribution in [0.15, 0.2) is 30.5 Å². The molecule has 2 heterocycles. The quantitative estimate of drug-likeness (QED) is 0.617. The molecule has 9 heteroatoms. The molecule has 0 spiro atoms. The van der Waals surface area contributed by atoms with Gasteiger partial charge in [-0.3, -0.25) is 0 Å². The van der Waals surface area contributed by atoms with Gasteiger partial charge >= 0.3 is 5.97 Å². The fourth-order valence-electron chi connectivity index (χ4n) is 2.45. The van der Waals surface area contributed by atoms with Crippen LogP contribution in [0.4, 0.5) is 11.6 Å². The molecular formula is C16H17N5O4. The fraction of sp³-hybridized carbons (Fsp3) is 0.188. The number of fused-ring (bicyclic) bond motifs is 1. The highest BCUT2D eigenvalue weighted by atomic mass is 16.5. The number of carboxylic acids is 1. The number of nitrogens with zero attached hydrogens (tertiary/aromatic N) is 3. The van der Waals surface area contributed by atoms with Gasteiger partial charge in [0, 0.05) is 6.54 Å². The number of rotatable bonds is 6. The molecule has 0 unspecified atom stereocenters. The molecule has 0 saturated heterocycles. The molecule has 0 radical (unpaired) electrons. The van der Waals surface area contributed by atoms with E-state index >= 15 is 0 Å². The number of aromatic carboxylic acids is 1. The third-order valence-electron chi connectivity index (χ3n) is 3.65. The molecule has 0 aliphatic rings. The molecule has 0 atom stereocenters. The predicted molar refractivity (Wildman–Crippen MR) is 91.2 cm³/mol. The van der Waals surface area contributed by atoms with E-state index < -0.39 is 5.97 Å². The van der Waals surface area contributed by atoms with Crippen LogP contribution in [0.2, 0.25) is 0 Å². The van der Waals surface area contributed by atoms with Crippen LogP contribution >= 0.6 is 0 Å². The predicted octanol–water partition coefficient (Wildman–Crippen LogP) is 1.64. The number of carbonyl (C=O) groups is 1. The first kappa shape index (κ1) is 16.4. The Kier molecular flexibility index (Phi) is 4.29. The Morgan fingerprint density at radius 3 is 2.72 bits per heavy atom. The number of anilines is 2. The van der Waals surface area contributed by atoms with Gasteiger partial charge in [-0.05, 0) is 23.8 Å². The van der Waals surface area contributed by atoms with Crippen molar-refractivity contribution < 1.29 is 19.4 Å². The van der Waals surface area contributed by atoms with Crippen LogP contribution in [-0.4, -0.2) is 39.9 Å². The lowest BCUT2D eigenvalue weighted by atomic mass is 10.1. The Hall–Kier alpha value is -3.49. The van der Waals surface area contributed by atoms with Crippen LogP contribution in [-0.2, 0) is 6.54 Å². The van der Waals surface area contributed by atoms with Crippen LogP contribution < -0.4 is 20.5 Å². The van der Waals surface area contributed by atoms with E-state index in [-0.39, 0.29) is 11.5 Å². The number of ether oxygens (including phenoxy) is 2. The van der Waals surface area contributed by atoms with Crippen molar-refractivity contribution in [1.82, 2.24) is 14.6 Å². The zero-order valence-corrected chi connectivity index (χ0v) is 13.7. The Morgan fingerprint density at radius 2 is 2.04 bits per heavy atom. The van der Waals surface area contributed by atoms with Gasteiger partial charge in [-0.25, -0.2) is 9.31 Å². The van der Waals surface area contributed by atoms with E-state index in [4.69, 9.17) is 15.2 Å². The van der Waals surface area contributed by atoms with E-state index in [0.717, 1.165) is 5.56 Å².